The molecule has 0 fully saturated rings. The first-order valence-electron chi connectivity index (χ1n) is 8.93. The standard InChI is InChI=1S/C18H32N4O3S.HI/c1-14(2)6-5-7-15(3)21-18(19)20-12-13-25-17-10-8-16(9-11-17)22-26(4,23)24;/h8-11,14-15,22H,5-7,12-13H2,1-4H3,(H3,19,20,21);1H. The van der Waals surface area contributed by atoms with Crippen molar-refractivity contribution >= 4 is 45.6 Å². The molecule has 0 aliphatic heterocycles. The largest absolute Gasteiger partial charge is 0.492 e. The Morgan fingerprint density at radius 1 is 1.19 bits per heavy atom. The normalized spacial score (nSPS) is 13.0. The summed E-state index contributed by atoms with van der Waals surface area (Å²) >= 11 is 0. The molecule has 0 saturated heterocycles. The summed E-state index contributed by atoms with van der Waals surface area (Å²) in [6.45, 7) is 7.39. The highest BCUT2D eigenvalue weighted by Crippen LogP contribution is 2.16. The lowest BCUT2D eigenvalue weighted by Gasteiger charge is -2.15. The predicted octanol–water partition coefficient (Wildman–Crippen LogP) is 3.17. The smallest absolute Gasteiger partial charge is 0.229 e. The highest BCUT2D eigenvalue weighted by Gasteiger charge is 2.04. The summed E-state index contributed by atoms with van der Waals surface area (Å²) in [6.07, 6.45) is 4.57. The number of halogens is 1. The molecule has 1 aromatic carbocycles. The van der Waals surface area contributed by atoms with E-state index in [4.69, 9.17) is 10.5 Å². The third kappa shape index (κ3) is 13.6. The third-order valence-electron chi connectivity index (χ3n) is 3.61. The van der Waals surface area contributed by atoms with Crippen LogP contribution >= 0.6 is 24.0 Å². The van der Waals surface area contributed by atoms with Crippen molar-refractivity contribution in [2.24, 2.45) is 16.6 Å². The number of rotatable bonds is 11. The van der Waals surface area contributed by atoms with Crippen molar-refractivity contribution in [1.82, 2.24) is 5.32 Å². The molecule has 0 bridgehead atoms. The Bertz CT molecular complexity index is 664. The van der Waals surface area contributed by atoms with Gasteiger partial charge in [0.2, 0.25) is 10.0 Å². The molecular weight excluding hydrogens is 479 g/mol. The summed E-state index contributed by atoms with van der Waals surface area (Å²) in [5, 5.41) is 3.19. The monoisotopic (exact) mass is 512 g/mol. The van der Waals surface area contributed by atoms with Crippen LogP contribution in [0.5, 0.6) is 5.75 Å². The number of hydrogen-bond donors (Lipinski definition) is 3. The number of hydrogen-bond acceptors (Lipinski definition) is 4. The van der Waals surface area contributed by atoms with Crippen molar-refractivity contribution in [1.29, 1.82) is 0 Å². The van der Waals surface area contributed by atoms with Gasteiger partial charge in [0.1, 0.15) is 12.4 Å². The van der Waals surface area contributed by atoms with Crippen molar-refractivity contribution in [2.75, 3.05) is 24.1 Å². The average molecular weight is 512 g/mol. The fraction of sp³-hybridized carbons (Fsp3) is 0.611. The van der Waals surface area contributed by atoms with Gasteiger partial charge in [-0.3, -0.25) is 4.72 Å². The van der Waals surface area contributed by atoms with Gasteiger partial charge in [-0.25, -0.2) is 13.4 Å². The van der Waals surface area contributed by atoms with Crippen LogP contribution in [0.3, 0.4) is 0 Å². The second-order valence-electron chi connectivity index (χ2n) is 6.88. The summed E-state index contributed by atoms with van der Waals surface area (Å²) in [5.74, 6) is 1.80. The van der Waals surface area contributed by atoms with E-state index in [0.29, 0.717) is 36.6 Å². The van der Waals surface area contributed by atoms with Crippen LogP contribution in [0.1, 0.15) is 40.0 Å². The molecule has 1 aromatic rings. The Kier molecular flexibility index (Phi) is 12.4. The number of sulfonamides is 1. The molecule has 0 spiro atoms. The van der Waals surface area contributed by atoms with E-state index < -0.39 is 10.0 Å². The highest BCUT2D eigenvalue weighted by atomic mass is 127. The second-order valence-corrected chi connectivity index (χ2v) is 8.63. The van der Waals surface area contributed by atoms with Crippen molar-refractivity contribution in [2.45, 2.75) is 46.1 Å². The van der Waals surface area contributed by atoms with Crippen molar-refractivity contribution < 1.29 is 13.2 Å². The van der Waals surface area contributed by atoms with Crippen molar-refractivity contribution in [3.63, 3.8) is 0 Å². The summed E-state index contributed by atoms with van der Waals surface area (Å²) in [4.78, 5) is 4.26. The van der Waals surface area contributed by atoms with E-state index in [9.17, 15) is 8.42 Å². The summed E-state index contributed by atoms with van der Waals surface area (Å²) in [7, 11) is -3.27. The van der Waals surface area contributed by atoms with E-state index in [1.807, 2.05) is 0 Å². The van der Waals surface area contributed by atoms with Crippen LogP contribution in [0.25, 0.3) is 0 Å². The van der Waals surface area contributed by atoms with Crippen molar-refractivity contribution in [3.8, 4) is 5.75 Å². The maximum absolute atomic E-state index is 11.1. The Hall–Kier alpha value is -1.23. The van der Waals surface area contributed by atoms with Crippen LogP contribution in [0.15, 0.2) is 29.3 Å². The van der Waals surface area contributed by atoms with Gasteiger partial charge >= 0.3 is 0 Å². The molecule has 0 aliphatic carbocycles. The minimum Gasteiger partial charge on any atom is -0.492 e. The third-order valence-corrected chi connectivity index (χ3v) is 4.22. The maximum atomic E-state index is 11.1. The fourth-order valence-corrected chi connectivity index (χ4v) is 2.93. The highest BCUT2D eigenvalue weighted by molar-refractivity contribution is 14.0. The first kappa shape index (κ1) is 25.8. The Morgan fingerprint density at radius 2 is 1.81 bits per heavy atom. The summed E-state index contributed by atoms with van der Waals surface area (Å²) < 4.78 is 30.3. The molecule has 1 rings (SSSR count). The van der Waals surface area contributed by atoms with Crippen LogP contribution in [0.2, 0.25) is 0 Å². The van der Waals surface area contributed by atoms with Crippen LogP contribution in [0, 0.1) is 5.92 Å². The molecule has 4 N–H and O–H groups in total. The SMILES string of the molecule is CC(C)CCCC(C)NC(N)=NCCOc1ccc(NS(C)(=O)=O)cc1.I. The predicted molar refractivity (Wildman–Crippen MR) is 124 cm³/mol. The zero-order valence-electron chi connectivity index (χ0n) is 16.6. The van der Waals surface area contributed by atoms with Crippen LogP contribution < -0.4 is 20.5 Å². The number of anilines is 1. The molecule has 0 heterocycles. The molecule has 1 atom stereocenters. The number of ether oxygens (including phenoxy) is 1. The first-order chi connectivity index (χ1) is 12.2. The number of benzene rings is 1. The fourth-order valence-electron chi connectivity index (χ4n) is 2.37. The van der Waals surface area contributed by atoms with Gasteiger partial charge in [-0.1, -0.05) is 26.7 Å². The lowest BCUT2D eigenvalue weighted by Crippen LogP contribution is -2.38. The van der Waals surface area contributed by atoms with Gasteiger partial charge in [-0.05, 0) is 43.5 Å². The molecule has 0 saturated carbocycles. The van der Waals surface area contributed by atoms with Crippen LogP contribution in [-0.4, -0.2) is 39.8 Å². The summed E-state index contributed by atoms with van der Waals surface area (Å²) in [6, 6.07) is 7.00. The van der Waals surface area contributed by atoms with E-state index in [-0.39, 0.29) is 24.0 Å². The lowest BCUT2D eigenvalue weighted by atomic mass is 10.0. The molecule has 27 heavy (non-hydrogen) atoms. The first-order valence-corrected chi connectivity index (χ1v) is 10.8. The molecule has 0 radical (unpaired) electrons. The van der Waals surface area contributed by atoms with E-state index in [1.165, 1.54) is 12.8 Å². The molecule has 7 nitrogen and oxygen atoms in total. The lowest BCUT2D eigenvalue weighted by molar-refractivity contribution is 0.328. The van der Waals surface area contributed by atoms with Gasteiger partial charge in [0, 0.05) is 11.7 Å². The summed E-state index contributed by atoms with van der Waals surface area (Å²) in [5.41, 5.74) is 6.38. The van der Waals surface area contributed by atoms with Crippen LogP contribution in [0.4, 0.5) is 5.69 Å². The Balaban J connectivity index is 0.00000676. The van der Waals surface area contributed by atoms with E-state index in [0.717, 1.165) is 18.6 Å². The zero-order chi connectivity index (χ0) is 19.6. The molecule has 9 heteroatoms. The topological polar surface area (TPSA) is 106 Å². The van der Waals surface area contributed by atoms with Gasteiger partial charge in [-0.15, -0.1) is 24.0 Å². The number of guanidine groups is 1. The quantitative estimate of drug-likeness (QED) is 0.183. The molecular formula is C18H33IN4O3S. The van der Waals surface area contributed by atoms with Gasteiger partial charge in [0.15, 0.2) is 5.96 Å². The van der Waals surface area contributed by atoms with E-state index >= 15 is 0 Å². The van der Waals surface area contributed by atoms with Gasteiger partial charge in [0.05, 0.1) is 12.8 Å². The van der Waals surface area contributed by atoms with Crippen molar-refractivity contribution in [3.05, 3.63) is 24.3 Å². The Morgan fingerprint density at radius 3 is 2.37 bits per heavy atom. The number of nitrogens with zero attached hydrogens (tertiary/aromatic N) is 1. The van der Waals surface area contributed by atoms with Gasteiger partial charge < -0.3 is 15.8 Å². The number of aliphatic imine (C=N–C) groups is 1. The number of nitrogens with two attached hydrogens (primary N) is 1. The van der Waals surface area contributed by atoms with E-state index in [1.54, 1.807) is 24.3 Å². The van der Waals surface area contributed by atoms with E-state index in [2.05, 4.69) is 35.8 Å². The molecule has 156 valence electrons. The zero-order valence-corrected chi connectivity index (χ0v) is 19.7. The second kappa shape index (κ2) is 13.0. The maximum Gasteiger partial charge on any atom is 0.229 e. The molecule has 0 aromatic heterocycles. The number of nitrogens with one attached hydrogen (secondary N) is 2. The molecule has 0 aliphatic rings. The molecule has 1 unspecified atom stereocenters. The minimum absolute atomic E-state index is 0. The molecule has 0 amide bonds. The minimum atomic E-state index is -3.27. The average Bonchev–Trinajstić information content (AvgIpc) is 2.51. The Labute approximate surface area is 180 Å². The van der Waals surface area contributed by atoms with Gasteiger partial charge in [-0.2, -0.15) is 0 Å². The van der Waals surface area contributed by atoms with Gasteiger partial charge in [0.25, 0.3) is 0 Å². The van der Waals surface area contributed by atoms with Crippen LogP contribution in [-0.2, 0) is 10.0 Å².